The first kappa shape index (κ1) is 7.05. The van der Waals surface area contributed by atoms with E-state index in [9.17, 15) is 0 Å². The molecule has 0 spiro atoms. The molecule has 1 heterocycles. The number of hydrogen-bond donors (Lipinski definition) is 1. The van der Waals surface area contributed by atoms with Crippen LogP contribution < -0.4 is 5.32 Å². The van der Waals surface area contributed by atoms with Crippen molar-refractivity contribution >= 4 is 5.95 Å². The summed E-state index contributed by atoms with van der Waals surface area (Å²) in [7, 11) is 0. The Balaban J connectivity index is 2.59. The van der Waals surface area contributed by atoms with Crippen molar-refractivity contribution in [3.8, 4) is 0 Å². The van der Waals surface area contributed by atoms with Gasteiger partial charge in [0.25, 0.3) is 0 Å². The first-order valence-electron chi connectivity index (χ1n) is 3.50. The van der Waals surface area contributed by atoms with Crippen molar-refractivity contribution in [3.63, 3.8) is 0 Å². The Morgan fingerprint density at radius 2 is 2.40 bits per heavy atom. The Hall–Kier alpha value is -1.06. The van der Waals surface area contributed by atoms with Crippen LogP contribution in [0, 0.1) is 0 Å². The maximum absolute atomic E-state index is 4.11. The molecule has 1 N–H and O–H groups in total. The standard InChI is InChI=1S/C6H12N4/c1-3-7-6-8-5-10(4-2)9-6/h5H,3-4H2,1-2H3,(H,7,9). The van der Waals surface area contributed by atoms with Gasteiger partial charge in [0.05, 0.1) is 0 Å². The lowest BCUT2D eigenvalue weighted by molar-refractivity contribution is 0.659. The number of anilines is 1. The second kappa shape index (κ2) is 3.20. The number of nitrogens with one attached hydrogen (secondary N) is 1. The van der Waals surface area contributed by atoms with Gasteiger partial charge >= 0.3 is 0 Å². The maximum atomic E-state index is 4.11. The van der Waals surface area contributed by atoms with Crippen molar-refractivity contribution in [1.82, 2.24) is 14.8 Å². The molecule has 4 nitrogen and oxygen atoms in total. The summed E-state index contributed by atoms with van der Waals surface area (Å²) in [5, 5.41) is 7.13. The minimum atomic E-state index is 0.712. The molecule has 0 radical (unpaired) electrons. The topological polar surface area (TPSA) is 42.7 Å². The highest BCUT2D eigenvalue weighted by Gasteiger charge is 1.94. The van der Waals surface area contributed by atoms with Gasteiger partial charge in [-0.2, -0.15) is 0 Å². The molecule has 4 heteroatoms. The fourth-order valence-corrected chi connectivity index (χ4v) is 0.686. The van der Waals surface area contributed by atoms with Crippen LogP contribution >= 0.6 is 0 Å². The van der Waals surface area contributed by atoms with Crippen LogP contribution in [0.15, 0.2) is 6.33 Å². The van der Waals surface area contributed by atoms with E-state index in [-0.39, 0.29) is 0 Å². The van der Waals surface area contributed by atoms with Crippen molar-refractivity contribution in [2.24, 2.45) is 0 Å². The molecule has 0 aliphatic rings. The number of aryl methyl sites for hydroxylation is 1. The van der Waals surface area contributed by atoms with Gasteiger partial charge in [-0.25, -0.2) is 4.98 Å². The van der Waals surface area contributed by atoms with Crippen LogP contribution in [0.4, 0.5) is 5.95 Å². The van der Waals surface area contributed by atoms with Crippen LogP contribution in [-0.2, 0) is 6.54 Å². The van der Waals surface area contributed by atoms with Crippen molar-refractivity contribution in [2.45, 2.75) is 20.4 Å². The monoisotopic (exact) mass is 140 g/mol. The smallest absolute Gasteiger partial charge is 0.242 e. The van der Waals surface area contributed by atoms with E-state index in [1.807, 2.05) is 13.8 Å². The molecule has 1 aromatic rings. The van der Waals surface area contributed by atoms with Crippen LogP contribution in [0.25, 0.3) is 0 Å². The largest absolute Gasteiger partial charge is 0.353 e. The van der Waals surface area contributed by atoms with Crippen molar-refractivity contribution in [2.75, 3.05) is 11.9 Å². The molecule has 0 unspecified atom stereocenters. The number of aromatic nitrogens is 3. The summed E-state index contributed by atoms with van der Waals surface area (Å²) in [4.78, 5) is 4.02. The van der Waals surface area contributed by atoms with Gasteiger partial charge < -0.3 is 5.32 Å². The van der Waals surface area contributed by atoms with Crippen LogP contribution in [-0.4, -0.2) is 21.3 Å². The molecule has 56 valence electrons. The number of hydrogen-bond acceptors (Lipinski definition) is 3. The van der Waals surface area contributed by atoms with Crippen molar-refractivity contribution in [1.29, 1.82) is 0 Å². The first-order valence-corrected chi connectivity index (χ1v) is 3.50. The zero-order valence-electron chi connectivity index (χ0n) is 6.33. The molecule has 0 aliphatic heterocycles. The second-order valence-electron chi connectivity index (χ2n) is 1.95. The molecule has 0 fully saturated rings. The van der Waals surface area contributed by atoms with Gasteiger partial charge in [-0.1, -0.05) is 0 Å². The van der Waals surface area contributed by atoms with Gasteiger partial charge in [0, 0.05) is 13.1 Å². The predicted molar refractivity (Wildman–Crippen MR) is 39.9 cm³/mol. The third kappa shape index (κ3) is 1.46. The lowest BCUT2D eigenvalue weighted by atomic mass is 10.7. The maximum Gasteiger partial charge on any atom is 0.242 e. The highest BCUT2D eigenvalue weighted by molar-refractivity contribution is 5.19. The van der Waals surface area contributed by atoms with Crippen LogP contribution in [0.3, 0.4) is 0 Å². The van der Waals surface area contributed by atoms with Gasteiger partial charge in [-0.05, 0) is 13.8 Å². The van der Waals surface area contributed by atoms with E-state index in [4.69, 9.17) is 0 Å². The van der Waals surface area contributed by atoms with Crippen molar-refractivity contribution < 1.29 is 0 Å². The third-order valence-corrected chi connectivity index (χ3v) is 1.20. The third-order valence-electron chi connectivity index (χ3n) is 1.20. The fraction of sp³-hybridized carbons (Fsp3) is 0.667. The van der Waals surface area contributed by atoms with E-state index in [0.717, 1.165) is 13.1 Å². The summed E-state index contributed by atoms with van der Waals surface area (Å²) in [6, 6.07) is 0. The highest BCUT2D eigenvalue weighted by Crippen LogP contribution is 1.93. The Kier molecular flexibility index (Phi) is 2.25. The molecule has 0 aromatic carbocycles. The van der Waals surface area contributed by atoms with Crippen LogP contribution in [0.1, 0.15) is 13.8 Å². The summed E-state index contributed by atoms with van der Waals surface area (Å²) in [6.45, 7) is 5.79. The summed E-state index contributed by atoms with van der Waals surface area (Å²) in [5.74, 6) is 0.712. The van der Waals surface area contributed by atoms with E-state index < -0.39 is 0 Å². The van der Waals surface area contributed by atoms with Crippen LogP contribution in [0.2, 0.25) is 0 Å². The Bertz CT molecular complexity index is 193. The van der Waals surface area contributed by atoms with E-state index in [0.29, 0.717) is 5.95 Å². The molecule has 1 rings (SSSR count). The molecular formula is C6H12N4. The molecule has 0 aliphatic carbocycles. The second-order valence-corrected chi connectivity index (χ2v) is 1.95. The molecular weight excluding hydrogens is 128 g/mol. The molecule has 0 bridgehead atoms. The summed E-state index contributed by atoms with van der Waals surface area (Å²) in [5.41, 5.74) is 0. The SMILES string of the molecule is CCNc1ncn(CC)n1. The molecule has 0 atom stereocenters. The zero-order valence-corrected chi connectivity index (χ0v) is 6.33. The van der Waals surface area contributed by atoms with E-state index in [2.05, 4.69) is 15.4 Å². The highest BCUT2D eigenvalue weighted by atomic mass is 15.4. The molecule has 0 saturated carbocycles. The summed E-state index contributed by atoms with van der Waals surface area (Å²) < 4.78 is 1.79. The zero-order chi connectivity index (χ0) is 7.40. The Labute approximate surface area is 60.3 Å². The van der Waals surface area contributed by atoms with Gasteiger partial charge in [0.1, 0.15) is 6.33 Å². The predicted octanol–water partition coefficient (Wildman–Crippen LogP) is 0.730. The van der Waals surface area contributed by atoms with E-state index >= 15 is 0 Å². The van der Waals surface area contributed by atoms with E-state index in [1.165, 1.54) is 0 Å². The number of nitrogens with zero attached hydrogens (tertiary/aromatic N) is 3. The molecule has 1 aromatic heterocycles. The van der Waals surface area contributed by atoms with E-state index in [1.54, 1.807) is 11.0 Å². The first-order chi connectivity index (χ1) is 4.86. The normalized spacial score (nSPS) is 9.80. The van der Waals surface area contributed by atoms with Crippen molar-refractivity contribution in [3.05, 3.63) is 6.33 Å². The van der Waals surface area contributed by atoms with Gasteiger partial charge in [-0.15, -0.1) is 5.10 Å². The number of rotatable bonds is 3. The molecule has 0 amide bonds. The molecule has 10 heavy (non-hydrogen) atoms. The average molecular weight is 140 g/mol. The summed E-state index contributed by atoms with van der Waals surface area (Å²) in [6.07, 6.45) is 1.72. The lowest BCUT2D eigenvalue weighted by Crippen LogP contribution is -2.00. The minimum Gasteiger partial charge on any atom is -0.353 e. The van der Waals surface area contributed by atoms with Gasteiger partial charge in [0.15, 0.2) is 0 Å². The van der Waals surface area contributed by atoms with Crippen LogP contribution in [0.5, 0.6) is 0 Å². The fourth-order valence-electron chi connectivity index (χ4n) is 0.686. The lowest BCUT2D eigenvalue weighted by Gasteiger charge is -1.93. The molecule has 0 saturated heterocycles. The summed E-state index contributed by atoms with van der Waals surface area (Å²) >= 11 is 0. The Morgan fingerprint density at radius 1 is 1.60 bits per heavy atom. The van der Waals surface area contributed by atoms with Gasteiger partial charge in [-0.3, -0.25) is 4.68 Å². The van der Waals surface area contributed by atoms with Gasteiger partial charge in [0.2, 0.25) is 5.95 Å². The minimum absolute atomic E-state index is 0.712. The Morgan fingerprint density at radius 3 is 2.90 bits per heavy atom. The average Bonchev–Trinajstić information content (AvgIpc) is 2.37. The quantitative estimate of drug-likeness (QED) is 0.673.